The maximum Gasteiger partial charge on any atom is 0.322 e. The molecule has 0 saturated carbocycles. The van der Waals surface area contributed by atoms with Gasteiger partial charge in [0.25, 0.3) is 0 Å². The Morgan fingerprint density at radius 3 is 2.48 bits per heavy atom. The van der Waals surface area contributed by atoms with E-state index in [-0.39, 0.29) is 29.9 Å². The van der Waals surface area contributed by atoms with Crippen molar-refractivity contribution in [1.29, 1.82) is 0 Å². The van der Waals surface area contributed by atoms with Gasteiger partial charge >= 0.3 is 5.97 Å². The third-order valence-corrected chi connectivity index (χ3v) is 6.77. The van der Waals surface area contributed by atoms with Crippen LogP contribution in [0.1, 0.15) is 37.6 Å². The smallest absolute Gasteiger partial charge is 0.322 e. The van der Waals surface area contributed by atoms with Crippen LogP contribution >= 0.6 is 0 Å². The van der Waals surface area contributed by atoms with Gasteiger partial charge in [0, 0.05) is 18.9 Å². The van der Waals surface area contributed by atoms with Crippen LogP contribution < -0.4 is 5.32 Å². The molecule has 0 atom stereocenters. The lowest BCUT2D eigenvalue weighted by atomic mass is 9.86. The molecule has 3 rings (SSSR count). The van der Waals surface area contributed by atoms with Crippen LogP contribution in [0.25, 0.3) is 0 Å². The Labute approximate surface area is 194 Å². The highest BCUT2D eigenvalue weighted by molar-refractivity contribution is 7.89. The number of benzene rings is 1. The van der Waals surface area contributed by atoms with E-state index in [4.69, 9.17) is 5.11 Å². The number of hydrogen-bond donors (Lipinski definition) is 2. The van der Waals surface area contributed by atoms with Crippen molar-refractivity contribution in [1.82, 2.24) is 14.3 Å². The van der Waals surface area contributed by atoms with E-state index in [1.807, 2.05) is 24.3 Å². The lowest BCUT2D eigenvalue weighted by Gasteiger charge is -2.24. The summed E-state index contributed by atoms with van der Waals surface area (Å²) in [4.78, 5) is 19.3. The number of aromatic nitrogens is 2. The summed E-state index contributed by atoms with van der Waals surface area (Å²) in [6.07, 6.45) is 2.85. The first-order valence-corrected chi connectivity index (χ1v) is 11.9. The van der Waals surface area contributed by atoms with E-state index in [1.165, 1.54) is 22.8 Å². The van der Waals surface area contributed by atoms with Gasteiger partial charge in [-0.25, -0.2) is 13.4 Å². The zero-order valence-electron chi connectivity index (χ0n) is 18.9. The van der Waals surface area contributed by atoms with Crippen LogP contribution in [0.2, 0.25) is 0 Å². The number of sulfonamides is 1. The minimum atomic E-state index is -3.87. The Bertz CT molecular complexity index is 1210. The summed E-state index contributed by atoms with van der Waals surface area (Å²) in [6, 6.07) is 16.0. The van der Waals surface area contributed by atoms with Crippen molar-refractivity contribution in [2.75, 3.05) is 11.9 Å². The molecule has 2 aromatic heterocycles. The number of nitrogens with one attached hydrogen (secondary N) is 1. The van der Waals surface area contributed by atoms with Gasteiger partial charge in [-0.1, -0.05) is 51.1 Å². The molecule has 33 heavy (non-hydrogen) atoms. The zero-order chi connectivity index (χ0) is 24.1. The molecule has 0 aliphatic heterocycles. The third-order valence-electron chi connectivity index (χ3n) is 4.99. The predicted molar refractivity (Wildman–Crippen MR) is 126 cm³/mol. The SMILES string of the molecule is CC(C)(C)c1cccc(CN(Cc2cccc(NCC(=O)O)n2)S(=O)(=O)c2cccnc2)c1. The van der Waals surface area contributed by atoms with E-state index in [2.05, 4.69) is 36.1 Å². The van der Waals surface area contributed by atoms with Crippen LogP contribution in [0.15, 0.2) is 71.9 Å². The molecule has 0 aliphatic rings. The van der Waals surface area contributed by atoms with E-state index in [9.17, 15) is 13.2 Å². The molecular formula is C24H28N4O4S. The predicted octanol–water partition coefficient (Wildman–Crippen LogP) is 3.66. The number of rotatable bonds is 9. The Balaban J connectivity index is 1.95. The minimum Gasteiger partial charge on any atom is -0.480 e. The van der Waals surface area contributed by atoms with E-state index in [0.29, 0.717) is 11.5 Å². The number of pyridine rings is 2. The first-order valence-electron chi connectivity index (χ1n) is 10.5. The number of carboxylic acid groups (broad SMARTS) is 1. The molecular weight excluding hydrogens is 440 g/mol. The lowest BCUT2D eigenvalue weighted by Crippen LogP contribution is -2.31. The molecule has 0 saturated heterocycles. The third kappa shape index (κ3) is 6.59. The standard InChI is InChI=1S/C24H28N4O4S/c1-24(2,3)19-8-4-7-18(13-19)16-28(33(31,32)21-10-6-12-25-14-21)17-20-9-5-11-22(27-20)26-15-23(29)30/h4-14H,15-17H2,1-3H3,(H,26,27)(H,29,30). The summed E-state index contributed by atoms with van der Waals surface area (Å²) in [5.74, 6) is -0.648. The van der Waals surface area contributed by atoms with Gasteiger partial charge in [-0.15, -0.1) is 0 Å². The highest BCUT2D eigenvalue weighted by Crippen LogP contribution is 2.25. The highest BCUT2D eigenvalue weighted by atomic mass is 32.2. The first kappa shape index (κ1) is 24.3. The molecule has 3 aromatic rings. The van der Waals surface area contributed by atoms with Crippen LogP contribution in [0, 0.1) is 0 Å². The molecule has 0 amide bonds. The Morgan fingerprint density at radius 2 is 1.82 bits per heavy atom. The maximum atomic E-state index is 13.5. The molecule has 8 nitrogen and oxygen atoms in total. The van der Waals surface area contributed by atoms with Crippen molar-refractivity contribution in [3.05, 3.63) is 83.8 Å². The average molecular weight is 469 g/mol. The highest BCUT2D eigenvalue weighted by Gasteiger charge is 2.26. The van der Waals surface area contributed by atoms with E-state index in [1.54, 1.807) is 24.3 Å². The summed E-state index contributed by atoms with van der Waals surface area (Å²) in [7, 11) is -3.87. The Morgan fingerprint density at radius 1 is 1.06 bits per heavy atom. The summed E-state index contributed by atoms with van der Waals surface area (Å²) in [5, 5.41) is 11.6. The topological polar surface area (TPSA) is 112 Å². The number of aliphatic carboxylic acids is 1. The maximum absolute atomic E-state index is 13.5. The van der Waals surface area contributed by atoms with Gasteiger partial charge in [-0.05, 0) is 40.8 Å². The van der Waals surface area contributed by atoms with Gasteiger partial charge in [0.2, 0.25) is 10.0 Å². The van der Waals surface area contributed by atoms with Crippen LogP contribution in [-0.2, 0) is 33.3 Å². The van der Waals surface area contributed by atoms with Gasteiger partial charge in [0.05, 0.1) is 12.2 Å². The molecule has 0 unspecified atom stereocenters. The lowest BCUT2D eigenvalue weighted by molar-refractivity contribution is -0.134. The van der Waals surface area contributed by atoms with Crippen molar-refractivity contribution in [2.24, 2.45) is 0 Å². The second kappa shape index (κ2) is 10.1. The number of nitrogens with zero attached hydrogens (tertiary/aromatic N) is 3. The second-order valence-electron chi connectivity index (χ2n) is 8.67. The fourth-order valence-electron chi connectivity index (χ4n) is 3.23. The largest absolute Gasteiger partial charge is 0.480 e. The van der Waals surface area contributed by atoms with Crippen LogP contribution in [0.4, 0.5) is 5.82 Å². The zero-order valence-corrected chi connectivity index (χ0v) is 19.7. The van der Waals surface area contributed by atoms with E-state index < -0.39 is 16.0 Å². The van der Waals surface area contributed by atoms with Gasteiger partial charge < -0.3 is 10.4 Å². The van der Waals surface area contributed by atoms with Crippen molar-refractivity contribution >= 4 is 21.8 Å². The molecule has 2 N–H and O–H groups in total. The molecule has 0 spiro atoms. The number of carboxylic acids is 1. The first-order chi connectivity index (χ1) is 15.6. The van der Waals surface area contributed by atoms with Crippen molar-refractivity contribution in [2.45, 2.75) is 44.2 Å². The summed E-state index contributed by atoms with van der Waals surface area (Å²) in [5.41, 5.74) is 2.38. The monoisotopic (exact) mass is 468 g/mol. The fraction of sp³-hybridized carbons (Fsp3) is 0.292. The number of anilines is 1. The summed E-state index contributed by atoms with van der Waals surface area (Å²) >= 11 is 0. The molecule has 1 aromatic carbocycles. The van der Waals surface area contributed by atoms with Crippen molar-refractivity contribution < 1.29 is 18.3 Å². The molecule has 9 heteroatoms. The fourth-order valence-corrected chi connectivity index (χ4v) is 4.59. The molecule has 0 aliphatic carbocycles. The Kier molecular flexibility index (Phi) is 7.45. The average Bonchev–Trinajstić information content (AvgIpc) is 2.78. The number of hydrogen-bond acceptors (Lipinski definition) is 6. The van der Waals surface area contributed by atoms with Crippen LogP contribution in [-0.4, -0.2) is 40.3 Å². The molecule has 2 heterocycles. The van der Waals surface area contributed by atoms with Crippen molar-refractivity contribution in [3.8, 4) is 0 Å². The van der Waals surface area contributed by atoms with Gasteiger partial charge in [0.1, 0.15) is 17.3 Å². The van der Waals surface area contributed by atoms with Gasteiger partial charge in [-0.2, -0.15) is 4.31 Å². The Hall–Kier alpha value is -3.30. The molecule has 174 valence electrons. The molecule has 0 fully saturated rings. The van der Waals surface area contributed by atoms with Crippen LogP contribution in [0.3, 0.4) is 0 Å². The molecule has 0 radical (unpaired) electrons. The molecule has 0 bridgehead atoms. The number of carbonyl (C=O) groups is 1. The van der Waals surface area contributed by atoms with Gasteiger partial charge in [-0.3, -0.25) is 9.78 Å². The normalized spacial score (nSPS) is 12.0. The minimum absolute atomic E-state index is 0.0135. The van der Waals surface area contributed by atoms with Gasteiger partial charge in [0.15, 0.2) is 0 Å². The van der Waals surface area contributed by atoms with Crippen molar-refractivity contribution in [3.63, 3.8) is 0 Å². The van der Waals surface area contributed by atoms with E-state index >= 15 is 0 Å². The quantitative estimate of drug-likeness (QED) is 0.493. The van der Waals surface area contributed by atoms with E-state index in [0.717, 1.165) is 11.1 Å². The summed E-state index contributed by atoms with van der Waals surface area (Å²) in [6.45, 7) is 6.20. The summed E-state index contributed by atoms with van der Waals surface area (Å²) < 4.78 is 28.3. The van der Waals surface area contributed by atoms with Crippen LogP contribution in [0.5, 0.6) is 0 Å². The second-order valence-corrected chi connectivity index (χ2v) is 10.6.